The summed E-state index contributed by atoms with van der Waals surface area (Å²) in [5, 5.41) is 0.574. The first-order valence-corrected chi connectivity index (χ1v) is 4.49. The average Bonchev–Trinajstić information content (AvgIpc) is 2.08. The van der Waals surface area contributed by atoms with Crippen LogP contribution in [0.4, 0.5) is 0 Å². The summed E-state index contributed by atoms with van der Waals surface area (Å²) >= 11 is 9.89. The van der Waals surface area contributed by atoms with Gasteiger partial charge >= 0.3 is 0 Å². The van der Waals surface area contributed by atoms with Gasteiger partial charge in [0, 0.05) is 21.9 Å². The minimum atomic E-state index is 0.0718. The fraction of sp³-hybridized carbons (Fsp3) is 0.222. The van der Waals surface area contributed by atoms with Gasteiger partial charge in [0.1, 0.15) is 0 Å². The van der Waals surface area contributed by atoms with Crippen molar-refractivity contribution in [1.82, 2.24) is 0 Å². The quantitative estimate of drug-likeness (QED) is 0.573. The Kier molecular flexibility index (Phi) is 3.18. The zero-order valence-electron chi connectivity index (χ0n) is 6.67. The molecule has 0 unspecified atom stereocenters. The molecule has 3 heteroatoms. The number of halogens is 1. The summed E-state index contributed by atoms with van der Waals surface area (Å²) in [6.45, 7) is 1.82. The van der Waals surface area contributed by atoms with Crippen LogP contribution in [-0.4, -0.2) is 5.78 Å². The van der Waals surface area contributed by atoms with Crippen molar-refractivity contribution in [1.29, 1.82) is 0 Å². The molecule has 0 N–H and O–H groups in total. The highest BCUT2D eigenvalue weighted by molar-refractivity contribution is 7.80. The van der Waals surface area contributed by atoms with Crippen molar-refractivity contribution < 1.29 is 4.79 Å². The van der Waals surface area contributed by atoms with Crippen molar-refractivity contribution in [3.63, 3.8) is 0 Å². The maximum atomic E-state index is 11.3. The highest BCUT2D eigenvalue weighted by Gasteiger charge is 2.07. The summed E-state index contributed by atoms with van der Waals surface area (Å²) in [7, 11) is 0. The van der Waals surface area contributed by atoms with Crippen LogP contribution in [0.5, 0.6) is 0 Å². The molecule has 0 fully saturated rings. The van der Waals surface area contributed by atoms with Crippen LogP contribution >= 0.6 is 24.2 Å². The minimum Gasteiger partial charge on any atom is -0.294 e. The number of hydrogen-bond acceptors (Lipinski definition) is 2. The number of carbonyl (C=O) groups excluding carboxylic acids is 1. The molecule has 0 aromatic heterocycles. The molecule has 1 nitrogen and oxygen atoms in total. The van der Waals surface area contributed by atoms with E-state index in [4.69, 9.17) is 11.6 Å². The zero-order chi connectivity index (χ0) is 9.14. The van der Waals surface area contributed by atoms with E-state index in [1.807, 2.05) is 6.92 Å². The Morgan fingerprint density at radius 2 is 2.25 bits per heavy atom. The van der Waals surface area contributed by atoms with E-state index in [9.17, 15) is 4.79 Å². The van der Waals surface area contributed by atoms with Crippen molar-refractivity contribution in [3.05, 3.63) is 28.8 Å². The summed E-state index contributed by atoms with van der Waals surface area (Å²) in [5.74, 6) is 0.0718. The predicted molar refractivity (Wildman–Crippen MR) is 53.3 cm³/mol. The lowest BCUT2D eigenvalue weighted by Gasteiger charge is -2.01. The normalized spacial score (nSPS) is 9.92. The molecule has 0 amide bonds. The highest BCUT2D eigenvalue weighted by atomic mass is 35.5. The van der Waals surface area contributed by atoms with Crippen molar-refractivity contribution >= 4 is 30.0 Å². The van der Waals surface area contributed by atoms with Gasteiger partial charge in [-0.25, -0.2) is 0 Å². The molecular weight excluding hydrogens is 192 g/mol. The topological polar surface area (TPSA) is 17.1 Å². The number of carbonyl (C=O) groups is 1. The molecule has 1 rings (SSSR count). The Morgan fingerprint density at radius 3 is 2.83 bits per heavy atom. The molecule has 1 aromatic carbocycles. The molecule has 0 radical (unpaired) electrons. The SMILES string of the molecule is CCC(=O)c1cc(Cl)ccc1S. The average molecular weight is 201 g/mol. The monoisotopic (exact) mass is 200 g/mol. The van der Waals surface area contributed by atoms with Crippen molar-refractivity contribution in [2.24, 2.45) is 0 Å². The molecular formula is C9H9ClOS. The van der Waals surface area contributed by atoms with Gasteiger partial charge in [-0.15, -0.1) is 12.6 Å². The molecule has 0 bridgehead atoms. The van der Waals surface area contributed by atoms with Crippen LogP contribution in [0.2, 0.25) is 5.02 Å². The second-order valence-corrected chi connectivity index (χ2v) is 3.36. The van der Waals surface area contributed by atoms with Gasteiger partial charge in [-0.3, -0.25) is 4.79 Å². The lowest BCUT2D eigenvalue weighted by atomic mass is 10.1. The number of thiol groups is 1. The van der Waals surface area contributed by atoms with Crippen molar-refractivity contribution in [2.75, 3.05) is 0 Å². The van der Waals surface area contributed by atoms with E-state index in [1.165, 1.54) is 0 Å². The van der Waals surface area contributed by atoms with Crippen LogP contribution in [0.3, 0.4) is 0 Å². The summed E-state index contributed by atoms with van der Waals surface area (Å²) < 4.78 is 0. The minimum absolute atomic E-state index is 0.0718. The van der Waals surface area contributed by atoms with Gasteiger partial charge in [0.15, 0.2) is 5.78 Å². The third-order valence-electron chi connectivity index (χ3n) is 1.58. The van der Waals surface area contributed by atoms with Crippen LogP contribution < -0.4 is 0 Å². The van der Waals surface area contributed by atoms with Crippen molar-refractivity contribution in [2.45, 2.75) is 18.2 Å². The zero-order valence-corrected chi connectivity index (χ0v) is 8.32. The number of hydrogen-bond donors (Lipinski definition) is 1. The first-order valence-electron chi connectivity index (χ1n) is 3.67. The standard InChI is InChI=1S/C9H9ClOS/c1-2-8(11)7-5-6(10)3-4-9(7)12/h3-5,12H,2H2,1H3. The molecule has 0 aliphatic carbocycles. The largest absolute Gasteiger partial charge is 0.294 e. The Bertz CT molecular complexity index is 309. The van der Waals surface area contributed by atoms with E-state index in [0.717, 1.165) is 0 Å². The van der Waals surface area contributed by atoms with Crippen LogP contribution in [0.1, 0.15) is 23.7 Å². The lowest BCUT2D eigenvalue weighted by molar-refractivity contribution is 0.0985. The Morgan fingerprint density at radius 1 is 1.58 bits per heavy atom. The molecule has 0 aliphatic heterocycles. The second-order valence-electron chi connectivity index (χ2n) is 2.44. The summed E-state index contributed by atoms with van der Waals surface area (Å²) in [6, 6.07) is 5.10. The van der Waals surface area contributed by atoms with Gasteiger partial charge in [-0.2, -0.15) is 0 Å². The van der Waals surface area contributed by atoms with Gasteiger partial charge in [0.25, 0.3) is 0 Å². The van der Waals surface area contributed by atoms with Crippen LogP contribution in [0.15, 0.2) is 23.1 Å². The van der Waals surface area contributed by atoms with E-state index in [1.54, 1.807) is 18.2 Å². The van der Waals surface area contributed by atoms with E-state index in [2.05, 4.69) is 12.6 Å². The Labute approximate surface area is 82.1 Å². The fourth-order valence-electron chi connectivity index (χ4n) is 0.922. The molecule has 0 spiro atoms. The first kappa shape index (κ1) is 9.62. The van der Waals surface area contributed by atoms with Crippen molar-refractivity contribution in [3.8, 4) is 0 Å². The van der Waals surface area contributed by atoms with E-state index >= 15 is 0 Å². The van der Waals surface area contributed by atoms with Gasteiger partial charge in [-0.05, 0) is 18.2 Å². The molecule has 64 valence electrons. The maximum Gasteiger partial charge on any atom is 0.163 e. The number of rotatable bonds is 2. The number of Topliss-reactive ketones (excluding diaryl/α,β-unsaturated/α-hetero) is 1. The van der Waals surface area contributed by atoms with E-state index in [-0.39, 0.29) is 5.78 Å². The number of benzene rings is 1. The lowest BCUT2D eigenvalue weighted by Crippen LogP contribution is -1.97. The van der Waals surface area contributed by atoms with Gasteiger partial charge < -0.3 is 0 Å². The highest BCUT2D eigenvalue weighted by Crippen LogP contribution is 2.20. The number of ketones is 1. The van der Waals surface area contributed by atoms with E-state index < -0.39 is 0 Å². The molecule has 0 heterocycles. The third kappa shape index (κ3) is 2.02. The maximum absolute atomic E-state index is 11.3. The van der Waals surface area contributed by atoms with E-state index in [0.29, 0.717) is 21.9 Å². The molecule has 0 aliphatic rings. The molecule has 1 aromatic rings. The van der Waals surface area contributed by atoms with Gasteiger partial charge in [-0.1, -0.05) is 18.5 Å². The third-order valence-corrected chi connectivity index (χ3v) is 2.21. The van der Waals surface area contributed by atoms with Crippen LogP contribution in [-0.2, 0) is 0 Å². The summed E-state index contributed by atoms with van der Waals surface area (Å²) in [4.78, 5) is 12.0. The molecule has 0 atom stereocenters. The fourth-order valence-corrected chi connectivity index (χ4v) is 1.36. The Balaban J connectivity index is 3.13. The van der Waals surface area contributed by atoms with Crippen LogP contribution in [0, 0.1) is 0 Å². The smallest absolute Gasteiger partial charge is 0.163 e. The van der Waals surface area contributed by atoms with Crippen LogP contribution in [0.25, 0.3) is 0 Å². The Hall–Kier alpha value is -0.470. The summed E-state index contributed by atoms with van der Waals surface area (Å²) in [6.07, 6.45) is 0.480. The molecule has 0 saturated carbocycles. The van der Waals surface area contributed by atoms with Gasteiger partial charge in [0.2, 0.25) is 0 Å². The molecule has 12 heavy (non-hydrogen) atoms. The second kappa shape index (κ2) is 3.97. The first-order chi connectivity index (χ1) is 5.65. The predicted octanol–water partition coefficient (Wildman–Crippen LogP) is 3.22. The molecule has 0 saturated heterocycles. The summed E-state index contributed by atoms with van der Waals surface area (Å²) in [5.41, 5.74) is 0.605. The van der Waals surface area contributed by atoms with Gasteiger partial charge in [0.05, 0.1) is 0 Å².